The number of rotatable bonds is 3. The van der Waals surface area contributed by atoms with Crippen molar-refractivity contribution in [3.63, 3.8) is 0 Å². The molecule has 7 heteroatoms. The smallest absolute Gasteiger partial charge is 0.261 e. The highest BCUT2D eigenvalue weighted by Gasteiger charge is 2.16. The lowest BCUT2D eigenvalue weighted by Gasteiger charge is -2.04. The van der Waals surface area contributed by atoms with Crippen LogP contribution in [0.5, 0.6) is 0 Å². The predicted octanol–water partition coefficient (Wildman–Crippen LogP) is 1.65. The molecule has 0 atom stereocenters. The Morgan fingerprint density at radius 3 is 2.50 bits per heavy atom. The Morgan fingerprint density at radius 1 is 1.25 bits per heavy atom. The van der Waals surface area contributed by atoms with Crippen molar-refractivity contribution in [1.29, 1.82) is 0 Å². The Balaban J connectivity index is 2.32. The van der Waals surface area contributed by atoms with Gasteiger partial charge in [0.1, 0.15) is 0 Å². The van der Waals surface area contributed by atoms with Crippen molar-refractivity contribution in [2.24, 2.45) is 0 Å². The minimum atomic E-state index is -3.55. The van der Waals surface area contributed by atoms with Crippen molar-refractivity contribution in [2.75, 3.05) is 4.72 Å². The summed E-state index contributed by atoms with van der Waals surface area (Å²) in [6, 6.07) is 8.14. The van der Waals surface area contributed by atoms with E-state index < -0.39 is 10.0 Å². The molecule has 2 aromatic rings. The molecular formula is C9H9N3O2S2. The molecule has 0 amide bonds. The largest absolute Gasteiger partial charge is 0.263 e. The zero-order valence-electron chi connectivity index (χ0n) is 8.41. The molecule has 5 nitrogen and oxygen atoms in total. The number of benzene rings is 1. The van der Waals surface area contributed by atoms with Crippen molar-refractivity contribution in [1.82, 2.24) is 9.59 Å². The van der Waals surface area contributed by atoms with Crippen molar-refractivity contribution in [2.45, 2.75) is 11.8 Å². The Labute approximate surface area is 97.4 Å². The number of aromatic nitrogens is 2. The van der Waals surface area contributed by atoms with Crippen molar-refractivity contribution < 1.29 is 8.42 Å². The third-order valence-electron chi connectivity index (χ3n) is 1.94. The van der Waals surface area contributed by atoms with Crippen LogP contribution in [0.25, 0.3) is 0 Å². The quantitative estimate of drug-likeness (QED) is 0.905. The molecule has 0 aliphatic carbocycles. The van der Waals surface area contributed by atoms with Gasteiger partial charge in [-0.2, -0.15) is 0 Å². The summed E-state index contributed by atoms with van der Waals surface area (Å²) < 4.78 is 29.8. The van der Waals surface area contributed by atoms with E-state index in [1.807, 2.05) is 0 Å². The van der Waals surface area contributed by atoms with E-state index in [9.17, 15) is 8.42 Å². The average Bonchev–Trinajstić information content (AvgIpc) is 2.65. The van der Waals surface area contributed by atoms with Crippen LogP contribution in [0, 0.1) is 6.92 Å². The van der Waals surface area contributed by atoms with Gasteiger partial charge in [-0.05, 0) is 30.6 Å². The highest BCUT2D eigenvalue weighted by molar-refractivity contribution is 7.92. The number of nitrogens with zero attached hydrogens (tertiary/aromatic N) is 2. The molecule has 1 aromatic carbocycles. The van der Waals surface area contributed by atoms with E-state index in [2.05, 4.69) is 14.3 Å². The van der Waals surface area contributed by atoms with Gasteiger partial charge in [-0.25, -0.2) is 8.42 Å². The van der Waals surface area contributed by atoms with Crippen molar-refractivity contribution in [3.8, 4) is 0 Å². The molecule has 0 saturated heterocycles. The zero-order valence-corrected chi connectivity index (χ0v) is 10.0. The monoisotopic (exact) mass is 255 g/mol. The van der Waals surface area contributed by atoms with E-state index in [-0.39, 0.29) is 10.7 Å². The predicted molar refractivity (Wildman–Crippen MR) is 61.9 cm³/mol. The first-order valence-electron chi connectivity index (χ1n) is 4.46. The highest BCUT2D eigenvalue weighted by atomic mass is 32.2. The van der Waals surface area contributed by atoms with Crippen LogP contribution < -0.4 is 4.72 Å². The van der Waals surface area contributed by atoms with Crippen LogP contribution in [0.15, 0.2) is 35.2 Å². The van der Waals surface area contributed by atoms with Crippen LogP contribution in [0.1, 0.15) is 4.88 Å². The summed E-state index contributed by atoms with van der Waals surface area (Å²) in [6.45, 7) is 1.76. The second kappa shape index (κ2) is 4.18. The van der Waals surface area contributed by atoms with Gasteiger partial charge in [0.25, 0.3) is 10.0 Å². The SMILES string of the molecule is Cc1snnc1NS(=O)(=O)c1ccccc1. The van der Waals surface area contributed by atoms with E-state index in [1.165, 1.54) is 12.1 Å². The molecule has 2 rings (SSSR count). The Kier molecular flexibility index (Phi) is 2.88. The average molecular weight is 255 g/mol. The van der Waals surface area contributed by atoms with Crippen molar-refractivity contribution >= 4 is 27.4 Å². The van der Waals surface area contributed by atoms with Crippen LogP contribution in [-0.2, 0) is 10.0 Å². The number of hydrogen-bond donors (Lipinski definition) is 1. The van der Waals surface area contributed by atoms with Gasteiger partial charge in [0.05, 0.1) is 9.77 Å². The maximum absolute atomic E-state index is 11.9. The summed E-state index contributed by atoms with van der Waals surface area (Å²) in [7, 11) is -3.55. The van der Waals surface area contributed by atoms with E-state index in [0.717, 1.165) is 16.4 Å². The molecule has 16 heavy (non-hydrogen) atoms. The molecule has 1 aromatic heterocycles. The second-order valence-electron chi connectivity index (χ2n) is 3.10. The summed E-state index contributed by atoms with van der Waals surface area (Å²) in [5.74, 6) is 0.286. The standard InChI is InChI=1S/C9H9N3O2S2/c1-7-9(10-12-15-7)11-16(13,14)8-5-3-2-4-6-8/h2-6,11H,1H3. The van der Waals surface area contributed by atoms with Crippen LogP contribution in [-0.4, -0.2) is 18.0 Å². The molecule has 1 heterocycles. The van der Waals surface area contributed by atoms with E-state index in [1.54, 1.807) is 25.1 Å². The Hall–Kier alpha value is -1.47. The fourth-order valence-electron chi connectivity index (χ4n) is 1.11. The number of nitrogens with one attached hydrogen (secondary N) is 1. The third-order valence-corrected chi connectivity index (χ3v) is 3.92. The van der Waals surface area contributed by atoms with E-state index >= 15 is 0 Å². The van der Waals surface area contributed by atoms with Crippen LogP contribution in [0.4, 0.5) is 5.82 Å². The lowest BCUT2D eigenvalue weighted by molar-refractivity contribution is 0.601. The first kappa shape index (κ1) is 11.0. The maximum Gasteiger partial charge on any atom is 0.263 e. The first-order chi connectivity index (χ1) is 7.59. The van der Waals surface area contributed by atoms with Gasteiger partial charge in [0, 0.05) is 0 Å². The molecule has 0 aliphatic heterocycles. The fraction of sp³-hybridized carbons (Fsp3) is 0.111. The van der Waals surface area contributed by atoms with E-state index in [0.29, 0.717) is 0 Å². The van der Waals surface area contributed by atoms with Gasteiger partial charge < -0.3 is 0 Å². The minimum absolute atomic E-state index is 0.211. The number of sulfonamides is 1. The Morgan fingerprint density at radius 2 is 1.94 bits per heavy atom. The third kappa shape index (κ3) is 2.20. The van der Waals surface area contributed by atoms with Gasteiger partial charge in [0.15, 0.2) is 5.82 Å². The molecule has 0 bridgehead atoms. The normalized spacial score (nSPS) is 11.3. The van der Waals surface area contributed by atoms with Gasteiger partial charge in [0.2, 0.25) is 0 Å². The maximum atomic E-state index is 11.9. The number of hydrogen-bond acceptors (Lipinski definition) is 5. The minimum Gasteiger partial charge on any atom is -0.261 e. The molecule has 0 radical (unpaired) electrons. The van der Waals surface area contributed by atoms with Gasteiger partial charge >= 0.3 is 0 Å². The molecular weight excluding hydrogens is 246 g/mol. The molecule has 1 N–H and O–H groups in total. The molecule has 0 fully saturated rings. The van der Waals surface area contributed by atoms with Gasteiger partial charge in [-0.3, -0.25) is 4.72 Å². The van der Waals surface area contributed by atoms with Crippen LogP contribution in [0.2, 0.25) is 0 Å². The summed E-state index contributed by atoms with van der Waals surface area (Å²) in [6.07, 6.45) is 0. The fourth-order valence-corrected chi connectivity index (χ4v) is 2.68. The van der Waals surface area contributed by atoms with Gasteiger partial charge in [-0.1, -0.05) is 22.7 Å². The molecule has 0 unspecified atom stereocenters. The second-order valence-corrected chi connectivity index (χ2v) is 5.74. The highest BCUT2D eigenvalue weighted by Crippen LogP contribution is 2.18. The number of aryl methyl sites for hydroxylation is 1. The first-order valence-corrected chi connectivity index (χ1v) is 6.72. The van der Waals surface area contributed by atoms with Crippen LogP contribution >= 0.6 is 11.5 Å². The molecule has 84 valence electrons. The summed E-state index contributed by atoms with van der Waals surface area (Å²) >= 11 is 1.15. The lowest BCUT2D eigenvalue weighted by atomic mass is 10.4. The topological polar surface area (TPSA) is 72.0 Å². The van der Waals surface area contributed by atoms with Crippen molar-refractivity contribution in [3.05, 3.63) is 35.2 Å². The lowest BCUT2D eigenvalue weighted by Crippen LogP contribution is -2.13. The molecule has 0 saturated carbocycles. The zero-order chi connectivity index (χ0) is 11.6. The summed E-state index contributed by atoms with van der Waals surface area (Å²) in [4.78, 5) is 0.946. The molecule has 0 aliphatic rings. The van der Waals surface area contributed by atoms with E-state index in [4.69, 9.17) is 0 Å². The Bertz CT molecular complexity index is 578. The molecule has 0 spiro atoms. The number of anilines is 1. The summed E-state index contributed by atoms with van der Waals surface area (Å²) in [5.41, 5.74) is 0. The van der Waals surface area contributed by atoms with Gasteiger partial charge in [-0.15, -0.1) is 5.10 Å². The van der Waals surface area contributed by atoms with Crippen LogP contribution in [0.3, 0.4) is 0 Å². The summed E-state index contributed by atoms with van der Waals surface area (Å²) in [5, 5.41) is 3.70.